The molecule has 0 spiro atoms. The van der Waals surface area contributed by atoms with E-state index < -0.39 is 10.5 Å². The van der Waals surface area contributed by atoms with Crippen molar-refractivity contribution in [2.24, 2.45) is 0 Å². The van der Waals surface area contributed by atoms with E-state index in [2.05, 4.69) is 5.10 Å². The van der Waals surface area contributed by atoms with Crippen molar-refractivity contribution < 1.29 is 14.5 Å². The minimum absolute atomic E-state index is 0.0610. The Bertz CT molecular complexity index is 1560. The number of nitro groups is 1. The van der Waals surface area contributed by atoms with Crippen LogP contribution in [0.5, 0.6) is 5.75 Å². The summed E-state index contributed by atoms with van der Waals surface area (Å²) in [6.45, 7) is 3.83. The molecular weight excluding hydrogens is 474 g/mol. The largest absolute Gasteiger partial charge is 0.497 e. The first kappa shape index (κ1) is 24.0. The second-order valence-electron chi connectivity index (χ2n) is 8.79. The Balaban J connectivity index is 1.43. The monoisotopic (exact) mass is 499 g/mol. The smallest absolute Gasteiger partial charge is 0.295 e. The Morgan fingerprint density at radius 2 is 1.65 bits per heavy atom. The highest BCUT2D eigenvalue weighted by molar-refractivity contribution is 5.94. The number of piperazine rings is 1. The zero-order valence-electron chi connectivity index (χ0n) is 20.5. The molecule has 0 bridgehead atoms. The summed E-state index contributed by atoms with van der Waals surface area (Å²) in [5, 5.41) is 17.4. The van der Waals surface area contributed by atoms with Gasteiger partial charge < -0.3 is 14.5 Å². The van der Waals surface area contributed by atoms with Crippen molar-refractivity contribution in [2.75, 3.05) is 38.2 Å². The predicted molar refractivity (Wildman–Crippen MR) is 140 cm³/mol. The van der Waals surface area contributed by atoms with Gasteiger partial charge >= 0.3 is 0 Å². The molecule has 3 aromatic carbocycles. The quantitative estimate of drug-likeness (QED) is 0.305. The maximum atomic E-state index is 13.2. The Labute approximate surface area is 212 Å². The zero-order valence-corrected chi connectivity index (χ0v) is 20.5. The van der Waals surface area contributed by atoms with Crippen LogP contribution < -0.4 is 15.2 Å². The van der Waals surface area contributed by atoms with Crippen LogP contribution in [0.2, 0.25) is 0 Å². The highest BCUT2D eigenvalue weighted by Crippen LogP contribution is 2.29. The van der Waals surface area contributed by atoms with Crippen molar-refractivity contribution in [3.05, 3.63) is 98.5 Å². The van der Waals surface area contributed by atoms with Crippen molar-refractivity contribution in [1.82, 2.24) is 14.7 Å². The molecule has 1 aromatic heterocycles. The molecular formula is C27H25N5O5. The van der Waals surface area contributed by atoms with E-state index in [0.29, 0.717) is 54.0 Å². The summed E-state index contributed by atoms with van der Waals surface area (Å²) in [6, 6.07) is 18.8. The van der Waals surface area contributed by atoms with Crippen molar-refractivity contribution in [2.45, 2.75) is 6.92 Å². The van der Waals surface area contributed by atoms with E-state index in [1.54, 1.807) is 73.5 Å². The number of aryl methyl sites for hydroxylation is 1. The van der Waals surface area contributed by atoms with Crippen LogP contribution in [0.1, 0.15) is 16.1 Å². The number of fused-ring (bicyclic) bond motifs is 1. The van der Waals surface area contributed by atoms with Crippen molar-refractivity contribution in [3.8, 4) is 11.4 Å². The van der Waals surface area contributed by atoms with E-state index >= 15 is 0 Å². The molecule has 1 saturated heterocycles. The van der Waals surface area contributed by atoms with Gasteiger partial charge in [-0.25, -0.2) is 0 Å². The summed E-state index contributed by atoms with van der Waals surface area (Å²) in [6.07, 6.45) is 0. The Kier molecular flexibility index (Phi) is 6.31. The third kappa shape index (κ3) is 4.49. The fourth-order valence-electron chi connectivity index (χ4n) is 4.63. The van der Waals surface area contributed by atoms with Crippen LogP contribution in [-0.2, 0) is 0 Å². The molecule has 1 fully saturated rings. The average Bonchev–Trinajstić information content (AvgIpc) is 2.94. The number of methoxy groups -OCH3 is 1. The summed E-state index contributed by atoms with van der Waals surface area (Å²) in [7, 11) is 1.58. The second-order valence-corrected chi connectivity index (χ2v) is 8.79. The van der Waals surface area contributed by atoms with Crippen LogP contribution in [0.15, 0.2) is 71.5 Å². The van der Waals surface area contributed by atoms with E-state index in [1.807, 2.05) is 11.0 Å². The van der Waals surface area contributed by atoms with E-state index in [0.717, 1.165) is 10.4 Å². The number of benzene rings is 3. The van der Waals surface area contributed by atoms with Gasteiger partial charge in [0.15, 0.2) is 0 Å². The van der Waals surface area contributed by atoms with Gasteiger partial charge in [-0.05, 0) is 49.4 Å². The minimum atomic E-state index is -0.511. The number of aromatic nitrogens is 2. The summed E-state index contributed by atoms with van der Waals surface area (Å²) in [5.41, 5.74) is 1.39. The lowest BCUT2D eigenvalue weighted by Gasteiger charge is -2.36. The molecule has 1 amide bonds. The molecule has 1 aliphatic heterocycles. The molecule has 0 saturated carbocycles. The summed E-state index contributed by atoms with van der Waals surface area (Å²) >= 11 is 0. The number of nitrogens with zero attached hydrogens (tertiary/aromatic N) is 5. The van der Waals surface area contributed by atoms with Crippen LogP contribution in [0.25, 0.3) is 16.5 Å². The van der Waals surface area contributed by atoms with Crippen LogP contribution in [0.4, 0.5) is 11.4 Å². The van der Waals surface area contributed by atoms with E-state index in [9.17, 15) is 19.7 Å². The lowest BCUT2D eigenvalue weighted by molar-refractivity contribution is -0.384. The summed E-state index contributed by atoms with van der Waals surface area (Å²) < 4.78 is 6.27. The third-order valence-electron chi connectivity index (χ3n) is 6.64. The topological polar surface area (TPSA) is 111 Å². The molecule has 10 heteroatoms. The summed E-state index contributed by atoms with van der Waals surface area (Å²) in [5.74, 6) is 0.625. The van der Waals surface area contributed by atoms with Crippen molar-refractivity contribution >= 4 is 28.1 Å². The molecule has 0 N–H and O–H groups in total. The molecule has 2 heterocycles. The van der Waals surface area contributed by atoms with Crippen molar-refractivity contribution in [3.63, 3.8) is 0 Å². The standard InChI is InChI=1S/C27H25N5O5/c1-18-22-5-3-4-6-23(22)27(34)31(28-18)25-17-20(9-12-24(25)32(35)36)29-13-15-30(16-14-29)26(33)19-7-10-21(37-2)11-8-19/h3-12,17H,13-16H2,1-2H3. The number of nitro benzene ring substituents is 1. The zero-order chi connectivity index (χ0) is 26.1. The maximum Gasteiger partial charge on any atom is 0.295 e. The highest BCUT2D eigenvalue weighted by Gasteiger charge is 2.25. The normalized spacial score (nSPS) is 13.6. The molecule has 0 unspecified atom stereocenters. The number of rotatable bonds is 5. The average molecular weight is 500 g/mol. The van der Waals surface area contributed by atoms with E-state index in [1.165, 1.54) is 6.07 Å². The highest BCUT2D eigenvalue weighted by atomic mass is 16.6. The number of amides is 1. The fraction of sp³-hybridized carbons (Fsp3) is 0.222. The molecule has 0 aliphatic carbocycles. The molecule has 0 atom stereocenters. The van der Waals surface area contributed by atoms with Crippen LogP contribution in [0, 0.1) is 17.0 Å². The first-order valence-corrected chi connectivity index (χ1v) is 11.8. The third-order valence-corrected chi connectivity index (χ3v) is 6.64. The Hall–Kier alpha value is -4.73. The van der Waals surface area contributed by atoms with E-state index in [4.69, 9.17) is 4.74 Å². The van der Waals surface area contributed by atoms with Gasteiger partial charge in [-0.1, -0.05) is 18.2 Å². The van der Waals surface area contributed by atoms with Gasteiger partial charge in [0.2, 0.25) is 0 Å². The lowest BCUT2D eigenvalue weighted by Crippen LogP contribution is -2.48. The fourth-order valence-corrected chi connectivity index (χ4v) is 4.63. The minimum Gasteiger partial charge on any atom is -0.497 e. The molecule has 4 aromatic rings. The Morgan fingerprint density at radius 1 is 0.973 bits per heavy atom. The second kappa shape index (κ2) is 9.73. The van der Waals surface area contributed by atoms with Gasteiger partial charge in [-0.3, -0.25) is 19.7 Å². The predicted octanol–water partition coefficient (Wildman–Crippen LogP) is 3.57. The number of hydrogen-bond donors (Lipinski definition) is 0. The number of anilines is 1. The van der Waals surface area contributed by atoms with Gasteiger partial charge in [0, 0.05) is 48.9 Å². The Morgan fingerprint density at radius 3 is 2.30 bits per heavy atom. The van der Waals surface area contributed by atoms with Gasteiger partial charge in [0.1, 0.15) is 11.4 Å². The first-order chi connectivity index (χ1) is 17.9. The molecule has 0 radical (unpaired) electrons. The lowest BCUT2D eigenvalue weighted by atomic mass is 10.1. The summed E-state index contributed by atoms with van der Waals surface area (Å²) in [4.78, 5) is 41.3. The maximum absolute atomic E-state index is 13.2. The number of carbonyl (C=O) groups is 1. The molecule has 10 nitrogen and oxygen atoms in total. The van der Waals surface area contributed by atoms with Crippen LogP contribution in [-0.4, -0.2) is 58.8 Å². The molecule has 37 heavy (non-hydrogen) atoms. The van der Waals surface area contributed by atoms with E-state index in [-0.39, 0.29) is 17.3 Å². The van der Waals surface area contributed by atoms with Crippen molar-refractivity contribution in [1.29, 1.82) is 0 Å². The molecule has 1 aliphatic rings. The van der Waals surface area contributed by atoms with Crippen LogP contribution >= 0.6 is 0 Å². The van der Waals surface area contributed by atoms with Gasteiger partial charge in [0.25, 0.3) is 17.2 Å². The number of ether oxygens (including phenoxy) is 1. The molecule has 188 valence electrons. The van der Waals surface area contributed by atoms with Gasteiger partial charge in [0.05, 0.1) is 23.1 Å². The first-order valence-electron chi connectivity index (χ1n) is 11.8. The van der Waals surface area contributed by atoms with Gasteiger partial charge in [-0.2, -0.15) is 9.78 Å². The van der Waals surface area contributed by atoms with Gasteiger partial charge in [-0.15, -0.1) is 0 Å². The number of carbonyl (C=O) groups excluding carboxylic acids is 1. The SMILES string of the molecule is COc1ccc(C(=O)N2CCN(c3ccc([N+](=O)[O-])c(-n4nc(C)c5ccccc5c4=O)c3)CC2)cc1. The van der Waals surface area contributed by atoms with Crippen LogP contribution in [0.3, 0.4) is 0 Å². The molecule has 5 rings (SSSR count). The number of hydrogen-bond acceptors (Lipinski definition) is 7.